The summed E-state index contributed by atoms with van der Waals surface area (Å²) >= 11 is 1.29. The number of nitrogens with two attached hydrogens (primary N) is 1. The minimum atomic E-state index is 0.466. The van der Waals surface area contributed by atoms with Crippen LogP contribution >= 0.6 is 11.3 Å². The Morgan fingerprint density at radius 2 is 2.33 bits per heavy atom. The molecule has 0 amide bonds. The molecule has 0 unspecified atom stereocenters. The number of hydrogen-bond acceptors (Lipinski definition) is 6. The molecule has 0 aliphatic heterocycles. The molecule has 5 nitrogen and oxygen atoms in total. The molecule has 0 fully saturated rings. The Morgan fingerprint density at radius 1 is 1.56 bits per heavy atom. The molecule has 1 heterocycles. The van der Waals surface area contributed by atoms with Crippen molar-refractivity contribution >= 4 is 21.6 Å². The molecule has 0 aliphatic carbocycles. The van der Waals surface area contributed by atoms with E-state index in [1.807, 2.05) is 0 Å². The quantitative estimate of drug-likeness (QED) is 0.497. The number of hydrazine groups is 1. The minimum Gasteiger partial charge on any atom is -0.374 e. The molecule has 0 saturated carbocycles. The highest BCUT2D eigenvalue weighted by Crippen LogP contribution is 2.14. The summed E-state index contributed by atoms with van der Waals surface area (Å²) in [5.74, 6) is 0. The standard InChI is InChI=1S/C3H7N5S/c1-5-7-3-8-6-2(4)9-3/h5H,1H3,(H2,4,6)(H,7,8). The first-order valence-electron chi connectivity index (χ1n) is 2.34. The fraction of sp³-hybridized carbons (Fsp3) is 0.333. The van der Waals surface area contributed by atoms with Gasteiger partial charge in [0, 0.05) is 7.05 Å². The van der Waals surface area contributed by atoms with Crippen LogP contribution in [0.25, 0.3) is 0 Å². The molecule has 9 heavy (non-hydrogen) atoms. The van der Waals surface area contributed by atoms with Crippen molar-refractivity contribution in [2.24, 2.45) is 0 Å². The Hall–Kier alpha value is -0.880. The van der Waals surface area contributed by atoms with Crippen LogP contribution in [-0.2, 0) is 0 Å². The van der Waals surface area contributed by atoms with Gasteiger partial charge in [-0.2, -0.15) is 0 Å². The molecule has 4 N–H and O–H groups in total. The number of nitrogens with zero attached hydrogens (tertiary/aromatic N) is 2. The van der Waals surface area contributed by atoms with Gasteiger partial charge in [-0.25, -0.2) is 5.43 Å². The van der Waals surface area contributed by atoms with Gasteiger partial charge < -0.3 is 5.73 Å². The minimum absolute atomic E-state index is 0.466. The van der Waals surface area contributed by atoms with E-state index in [0.29, 0.717) is 10.3 Å². The van der Waals surface area contributed by atoms with Crippen molar-refractivity contribution in [1.82, 2.24) is 15.6 Å². The average molecular weight is 145 g/mol. The van der Waals surface area contributed by atoms with Gasteiger partial charge in [0.25, 0.3) is 0 Å². The van der Waals surface area contributed by atoms with E-state index >= 15 is 0 Å². The molecule has 0 aromatic carbocycles. The molecule has 1 rings (SSSR count). The van der Waals surface area contributed by atoms with Crippen molar-refractivity contribution in [2.45, 2.75) is 0 Å². The fourth-order valence-electron chi connectivity index (χ4n) is 0.392. The van der Waals surface area contributed by atoms with E-state index < -0.39 is 0 Å². The molecule has 50 valence electrons. The lowest BCUT2D eigenvalue weighted by Gasteiger charge is -1.92. The first-order valence-corrected chi connectivity index (χ1v) is 3.16. The van der Waals surface area contributed by atoms with E-state index in [9.17, 15) is 0 Å². The Bertz CT molecular complexity index is 184. The van der Waals surface area contributed by atoms with Crippen LogP contribution in [0, 0.1) is 0 Å². The van der Waals surface area contributed by atoms with Crippen LogP contribution in [0.2, 0.25) is 0 Å². The van der Waals surface area contributed by atoms with Gasteiger partial charge in [-0.1, -0.05) is 11.3 Å². The van der Waals surface area contributed by atoms with Gasteiger partial charge in [0.05, 0.1) is 0 Å². The number of hydrogen-bond donors (Lipinski definition) is 3. The van der Waals surface area contributed by atoms with Crippen LogP contribution < -0.4 is 16.6 Å². The van der Waals surface area contributed by atoms with Gasteiger partial charge in [-0.05, 0) is 0 Å². The Labute approximate surface area is 56.3 Å². The molecule has 0 atom stereocenters. The number of nitrogens with one attached hydrogen (secondary N) is 2. The topological polar surface area (TPSA) is 75.9 Å². The van der Waals surface area contributed by atoms with Crippen LogP contribution in [-0.4, -0.2) is 17.2 Å². The predicted molar refractivity (Wildman–Crippen MR) is 37.0 cm³/mol. The summed E-state index contributed by atoms with van der Waals surface area (Å²) in [6.45, 7) is 0. The van der Waals surface area contributed by atoms with Gasteiger partial charge in [0.2, 0.25) is 10.3 Å². The monoisotopic (exact) mass is 145 g/mol. The maximum Gasteiger partial charge on any atom is 0.221 e. The van der Waals surface area contributed by atoms with Crippen molar-refractivity contribution in [3.05, 3.63) is 0 Å². The summed E-state index contributed by atoms with van der Waals surface area (Å²) < 4.78 is 0. The number of nitrogen functional groups attached to an aromatic ring is 1. The molecule has 0 radical (unpaired) electrons. The normalized spacial score (nSPS) is 9.44. The van der Waals surface area contributed by atoms with Crippen LogP contribution in [0.15, 0.2) is 0 Å². The van der Waals surface area contributed by atoms with Crippen molar-refractivity contribution in [3.8, 4) is 0 Å². The molecular formula is C3H7N5S. The molecule has 6 heteroatoms. The summed E-state index contributed by atoms with van der Waals surface area (Å²) in [7, 11) is 1.75. The Kier molecular flexibility index (Phi) is 1.81. The predicted octanol–water partition coefficient (Wildman–Crippen LogP) is -0.333. The highest BCUT2D eigenvalue weighted by atomic mass is 32.1. The second-order valence-electron chi connectivity index (χ2n) is 1.32. The van der Waals surface area contributed by atoms with E-state index in [4.69, 9.17) is 5.73 Å². The van der Waals surface area contributed by atoms with Gasteiger partial charge in [0.15, 0.2) is 0 Å². The first kappa shape index (κ1) is 6.24. The maximum atomic E-state index is 5.29. The Balaban J connectivity index is 2.61. The van der Waals surface area contributed by atoms with E-state index in [-0.39, 0.29) is 0 Å². The van der Waals surface area contributed by atoms with E-state index in [1.54, 1.807) is 7.05 Å². The SMILES string of the molecule is CNNc1nnc(N)s1. The van der Waals surface area contributed by atoms with Crippen LogP contribution in [0.4, 0.5) is 10.3 Å². The summed E-state index contributed by atoms with van der Waals surface area (Å²) in [5.41, 5.74) is 10.7. The zero-order chi connectivity index (χ0) is 6.69. The smallest absolute Gasteiger partial charge is 0.221 e. The summed E-state index contributed by atoms with van der Waals surface area (Å²) in [4.78, 5) is 0. The molecule has 0 saturated heterocycles. The highest BCUT2D eigenvalue weighted by Gasteiger charge is 1.95. The highest BCUT2D eigenvalue weighted by molar-refractivity contribution is 7.18. The molecular weight excluding hydrogens is 138 g/mol. The van der Waals surface area contributed by atoms with Crippen molar-refractivity contribution in [2.75, 3.05) is 18.2 Å². The lowest BCUT2D eigenvalue weighted by atomic mass is 11.2. The van der Waals surface area contributed by atoms with Crippen molar-refractivity contribution in [1.29, 1.82) is 0 Å². The third kappa shape index (κ3) is 1.51. The van der Waals surface area contributed by atoms with Gasteiger partial charge in [0.1, 0.15) is 0 Å². The lowest BCUT2D eigenvalue weighted by molar-refractivity contribution is 0.957. The summed E-state index contributed by atoms with van der Waals surface area (Å²) in [6.07, 6.45) is 0. The lowest BCUT2D eigenvalue weighted by Crippen LogP contribution is -2.14. The first-order chi connectivity index (χ1) is 4.33. The second kappa shape index (κ2) is 2.60. The number of anilines is 2. The van der Waals surface area contributed by atoms with Crippen LogP contribution in [0.5, 0.6) is 0 Å². The van der Waals surface area contributed by atoms with Crippen molar-refractivity contribution < 1.29 is 0 Å². The Morgan fingerprint density at radius 3 is 2.78 bits per heavy atom. The van der Waals surface area contributed by atoms with Gasteiger partial charge in [-0.15, -0.1) is 10.2 Å². The fourth-order valence-corrected chi connectivity index (χ4v) is 0.907. The molecule has 0 spiro atoms. The molecule has 0 bridgehead atoms. The van der Waals surface area contributed by atoms with E-state index in [1.165, 1.54) is 11.3 Å². The summed E-state index contributed by atoms with van der Waals surface area (Å²) in [5, 5.41) is 8.40. The largest absolute Gasteiger partial charge is 0.374 e. The zero-order valence-corrected chi connectivity index (χ0v) is 5.70. The van der Waals surface area contributed by atoms with Crippen molar-refractivity contribution in [3.63, 3.8) is 0 Å². The molecule has 1 aromatic heterocycles. The third-order valence-electron chi connectivity index (χ3n) is 0.673. The average Bonchev–Trinajstić information content (AvgIpc) is 2.17. The van der Waals surface area contributed by atoms with E-state index in [0.717, 1.165) is 0 Å². The molecule has 0 aliphatic rings. The summed E-state index contributed by atoms with van der Waals surface area (Å²) in [6, 6.07) is 0. The maximum absolute atomic E-state index is 5.29. The van der Waals surface area contributed by atoms with E-state index in [2.05, 4.69) is 21.0 Å². The third-order valence-corrected chi connectivity index (χ3v) is 1.34. The van der Waals surface area contributed by atoms with Crippen LogP contribution in [0.1, 0.15) is 0 Å². The number of rotatable bonds is 2. The number of aromatic nitrogens is 2. The second-order valence-corrected chi connectivity index (χ2v) is 2.33. The molecule has 1 aromatic rings. The van der Waals surface area contributed by atoms with Gasteiger partial charge >= 0.3 is 0 Å². The van der Waals surface area contributed by atoms with Gasteiger partial charge in [-0.3, -0.25) is 5.43 Å². The zero-order valence-electron chi connectivity index (χ0n) is 4.88. The van der Waals surface area contributed by atoms with Crippen LogP contribution in [0.3, 0.4) is 0 Å².